The van der Waals surface area contributed by atoms with Gasteiger partial charge < -0.3 is 14.4 Å². The highest BCUT2D eigenvalue weighted by Gasteiger charge is 2.40. The lowest BCUT2D eigenvalue weighted by Gasteiger charge is -2.43. The van der Waals surface area contributed by atoms with Gasteiger partial charge in [-0.2, -0.15) is 5.10 Å². The van der Waals surface area contributed by atoms with Gasteiger partial charge in [-0.3, -0.25) is 5.10 Å². The van der Waals surface area contributed by atoms with Crippen molar-refractivity contribution in [3.8, 4) is 0 Å². The first-order chi connectivity index (χ1) is 14.7. The monoisotopic (exact) mass is 411 g/mol. The van der Waals surface area contributed by atoms with E-state index >= 15 is 0 Å². The van der Waals surface area contributed by atoms with E-state index in [1.54, 1.807) is 6.20 Å². The molecule has 0 unspecified atom stereocenters. The molecule has 2 aromatic rings. The van der Waals surface area contributed by atoms with Gasteiger partial charge >= 0.3 is 6.09 Å². The Morgan fingerprint density at radius 2 is 1.93 bits per heavy atom. The summed E-state index contributed by atoms with van der Waals surface area (Å²) in [6.07, 6.45) is 7.20. The molecule has 3 atom stereocenters. The predicted molar refractivity (Wildman–Crippen MR) is 115 cm³/mol. The van der Waals surface area contributed by atoms with E-state index < -0.39 is 0 Å². The molecule has 1 saturated carbocycles. The average molecular weight is 412 g/mol. The molecule has 0 spiro atoms. The fraction of sp³-hybridized carbons (Fsp3) is 0.583. The normalized spacial score (nSPS) is 29.5. The van der Waals surface area contributed by atoms with Crippen LogP contribution in [0.2, 0.25) is 0 Å². The molecular formula is C24H33N3O3. The summed E-state index contributed by atoms with van der Waals surface area (Å²) >= 11 is 0. The number of carbonyl (C=O) groups is 1. The number of hydrogen-bond donors (Lipinski definition) is 1. The molecule has 1 N–H and O–H groups in total. The summed E-state index contributed by atoms with van der Waals surface area (Å²) in [5.41, 5.74) is 2.50. The quantitative estimate of drug-likeness (QED) is 0.773. The molecule has 1 aliphatic carbocycles. The van der Waals surface area contributed by atoms with Crippen LogP contribution in [0.1, 0.15) is 62.1 Å². The van der Waals surface area contributed by atoms with Crippen molar-refractivity contribution < 1.29 is 14.3 Å². The van der Waals surface area contributed by atoms with E-state index in [1.807, 2.05) is 11.0 Å². The molecule has 2 fully saturated rings. The van der Waals surface area contributed by atoms with Gasteiger partial charge in [0.25, 0.3) is 0 Å². The van der Waals surface area contributed by atoms with Crippen molar-refractivity contribution >= 4 is 6.09 Å². The molecule has 6 heteroatoms. The summed E-state index contributed by atoms with van der Waals surface area (Å²) in [6.45, 7) is 3.42. The SMILES string of the molecule is COC(=O)N1C[C@H](C)C[C@H](c2ccn[nH]2)[C@@H]1CO[C@H]1CC[C@@H](c2ccccc2)CC1. The lowest BCUT2D eigenvalue weighted by atomic mass is 9.81. The van der Waals surface area contributed by atoms with Crippen LogP contribution in [-0.4, -0.2) is 53.6 Å². The number of benzene rings is 1. The number of ether oxygens (including phenoxy) is 2. The van der Waals surface area contributed by atoms with Crippen molar-refractivity contribution in [3.05, 3.63) is 53.9 Å². The zero-order valence-corrected chi connectivity index (χ0v) is 18.0. The number of hydrogen-bond acceptors (Lipinski definition) is 4. The number of likely N-dealkylation sites (tertiary alicyclic amines) is 1. The summed E-state index contributed by atoms with van der Waals surface area (Å²) < 4.78 is 11.5. The van der Waals surface area contributed by atoms with Crippen LogP contribution >= 0.6 is 0 Å². The topological polar surface area (TPSA) is 67.5 Å². The van der Waals surface area contributed by atoms with Crippen molar-refractivity contribution in [2.24, 2.45) is 5.92 Å². The van der Waals surface area contributed by atoms with Crippen molar-refractivity contribution in [1.82, 2.24) is 15.1 Å². The van der Waals surface area contributed by atoms with Crippen molar-refractivity contribution in [2.75, 3.05) is 20.3 Å². The number of rotatable bonds is 5. The lowest BCUT2D eigenvalue weighted by molar-refractivity contribution is -0.0303. The second kappa shape index (κ2) is 9.65. The number of carbonyl (C=O) groups excluding carboxylic acids is 1. The first-order valence-electron chi connectivity index (χ1n) is 11.2. The minimum Gasteiger partial charge on any atom is -0.453 e. The van der Waals surface area contributed by atoms with E-state index in [0.717, 1.165) is 37.8 Å². The van der Waals surface area contributed by atoms with Gasteiger partial charge in [0, 0.05) is 24.4 Å². The Morgan fingerprint density at radius 1 is 1.17 bits per heavy atom. The van der Waals surface area contributed by atoms with Gasteiger partial charge in [-0.15, -0.1) is 0 Å². The van der Waals surface area contributed by atoms with E-state index in [4.69, 9.17) is 9.47 Å². The van der Waals surface area contributed by atoms with Crippen LogP contribution in [-0.2, 0) is 9.47 Å². The Labute approximate surface area is 178 Å². The second-order valence-electron chi connectivity index (χ2n) is 8.87. The van der Waals surface area contributed by atoms with Gasteiger partial charge in [-0.05, 0) is 55.6 Å². The molecule has 30 heavy (non-hydrogen) atoms. The van der Waals surface area contributed by atoms with E-state index in [1.165, 1.54) is 12.7 Å². The molecule has 1 aliphatic heterocycles. The highest BCUT2D eigenvalue weighted by molar-refractivity contribution is 5.68. The maximum Gasteiger partial charge on any atom is 0.409 e. The standard InChI is InChI=1S/C24H33N3O3/c1-17-14-21(22-12-13-25-26-22)23(27(15-17)24(28)29-2)16-30-20-10-8-19(9-11-20)18-6-4-3-5-7-18/h3-7,12-13,17,19-21,23H,8-11,14-16H2,1-2H3,(H,25,26)/t17-,19-,20+,21-,23+/m1/s1. The van der Waals surface area contributed by atoms with Crippen LogP contribution in [0.4, 0.5) is 4.79 Å². The molecule has 0 radical (unpaired) electrons. The van der Waals surface area contributed by atoms with E-state index in [0.29, 0.717) is 25.0 Å². The highest BCUT2D eigenvalue weighted by Crippen LogP contribution is 2.37. The molecular weight excluding hydrogens is 378 g/mol. The Hall–Kier alpha value is -2.34. The van der Waals surface area contributed by atoms with Gasteiger partial charge in [-0.25, -0.2) is 4.79 Å². The van der Waals surface area contributed by atoms with Crippen LogP contribution in [0.3, 0.4) is 0 Å². The highest BCUT2D eigenvalue weighted by atomic mass is 16.5. The maximum absolute atomic E-state index is 12.5. The largest absolute Gasteiger partial charge is 0.453 e. The summed E-state index contributed by atoms with van der Waals surface area (Å²) in [5.74, 6) is 1.21. The number of aromatic amines is 1. The fourth-order valence-electron chi connectivity index (χ4n) is 5.22. The fourth-order valence-corrected chi connectivity index (χ4v) is 5.22. The maximum atomic E-state index is 12.5. The second-order valence-corrected chi connectivity index (χ2v) is 8.87. The number of piperidine rings is 1. The third-order valence-electron chi connectivity index (χ3n) is 6.81. The third-order valence-corrected chi connectivity index (χ3v) is 6.81. The molecule has 2 heterocycles. The number of aromatic nitrogens is 2. The Morgan fingerprint density at radius 3 is 2.60 bits per heavy atom. The van der Waals surface area contributed by atoms with Gasteiger partial charge in [0.2, 0.25) is 0 Å². The van der Waals surface area contributed by atoms with E-state index in [9.17, 15) is 4.79 Å². The summed E-state index contributed by atoms with van der Waals surface area (Å²) in [5, 5.41) is 7.25. The average Bonchev–Trinajstić information content (AvgIpc) is 3.33. The smallest absolute Gasteiger partial charge is 0.409 e. The zero-order valence-electron chi connectivity index (χ0n) is 18.0. The summed E-state index contributed by atoms with van der Waals surface area (Å²) in [6, 6.07) is 12.8. The lowest BCUT2D eigenvalue weighted by Crippen LogP contribution is -2.52. The first kappa shape index (κ1) is 20.9. The van der Waals surface area contributed by atoms with Crippen LogP contribution in [0.25, 0.3) is 0 Å². The molecule has 6 nitrogen and oxygen atoms in total. The number of H-pyrrole nitrogens is 1. The van der Waals surface area contributed by atoms with Crippen molar-refractivity contribution in [3.63, 3.8) is 0 Å². The van der Waals surface area contributed by atoms with Crippen molar-refractivity contribution in [2.45, 2.75) is 63.0 Å². The minimum atomic E-state index is -0.271. The Balaban J connectivity index is 1.40. The molecule has 1 saturated heterocycles. The van der Waals surface area contributed by atoms with E-state index in [-0.39, 0.29) is 24.2 Å². The van der Waals surface area contributed by atoms with Crippen LogP contribution in [0, 0.1) is 5.92 Å². The Kier molecular flexibility index (Phi) is 6.72. The minimum absolute atomic E-state index is 0.0408. The van der Waals surface area contributed by atoms with E-state index in [2.05, 4.69) is 47.5 Å². The summed E-state index contributed by atoms with van der Waals surface area (Å²) in [4.78, 5) is 14.4. The van der Waals surface area contributed by atoms with Crippen molar-refractivity contribution in [1.29, 1.82) is 0 Å². The number of methoxy groups -OCH3 is 1. The van der Waals surface area contributed by atoms with Crippen LogP contribution in [0.5, 0.6) is 0 Å². The molecule has 4 rings (SSSR count). The molecule has 162 valence electrons. The zero-order chi connectivity index (χ0) is 20.9. The molecule has 0 bridgehead atoms. The van der Waals surface area contributed by atoms with Gasteiger partial charge in [0.1, 0.15) is 0 Å². The predicted octanol–water partition coefficient (Wildman–Crippen LogP) is 4.71. The van der Waals surface area contributed by atoms with Gasteiger partial charge in [-0.1, -0.05) is 37.3 Å². The third kappa shape index (κ3) is 4.69. The number of nitrogens with zero attached hydrogens (tertiary/aromatic N) is 2. The number of amides is 1. The summed E-state index contributed by atoms with van der Waals surface area (Å²) in [7, 11) is 1.45. The molecule has 1 aromatic carbocycles. The Bertz CT molecular complexity index is 787. The molecule has 1 amide bonds. The molecule has 1 aromatic heterocycles. The van der Waals surface area contributed by atoms with Crippen LogP contribution in [0.15, 0.2) is 42.6 Å². The molecule has 2 aliphatic rings. The number of nitrogens with one attached hydrogen (secondary N) is 1. The van der Waals surface area contributed by atoms with Gasteiger partial charge in [0.05, 0.1) is 25.9 Å². The van der Waals surface area contributed by atoms with Crippen LogP contribution < -0.4 is 0 Å². The van der Waals surface area contributed by atoms with Gasteiger partial charge in [0.15, 0.2) is 0 Å². The first-order valence-corrected chi connectivity index (χ1v) is 11.2.